The molecule has 7 heteroatoms. The van der Waals surface area contributed by atoms with Gasteiger partial charge in [0, 0.05) is 5.56 Å². The van der Waals surface area contributed by atoms with Gasteiger partial charge in [-0.25, -0.2) is 8.78 Å². The van der Waals surface area contributed by atoms with Crippen molar-refractivity contribution in [2.75, 3.05) is 0 Å². The SMILES string of the molecule is N/C(=N/O)c1cccc(COc2ccc(F)c(Br)c2)c1F. The van der Waals surface area contributed by atoms with Crippen molar-refractivity contribution in [1.82, 2.24) is 0 Å². The number of hydrogen-bond acceptors (Lipinski definition) is 3. The van der Waals surface area contributed by atoms with Crippen LogP contribution in [0, 0.1) is 11.6 Å². The maximum absolute atomic E-state index is 14.1. The summed E-state index contributed by atoms with van der Waals surface area (Å²) in [4.78, 5) is 0. The summed E-state index contributed by atoms with van der Waals surface area (Å²) in [5.41, 5.74) is 5.60. The van der Waals surface area contributed by atoms with E-state index in [9.17, 15) is 8.78 Å². The summed E-state index contributed by atoms with van der Waals surface area (Å²) < 4.78 is 32.9. The van der Waals surface area contributed by atoms with E-state index in [1.54, 1.807) is 6.07 Å². The Morgan fingerprint density at radius 1 is 1.29 bits per heavy atom. The predicted molar refractivity (Wildman–Crippen MR) is 77.3 cm³/mol. The summed E-state index contributed by atoms with van der Waals surface area (Å²) >= 11 is 3.04. The molecule has 0 aliphatic heterocycles. The molecule has 0 saturated carbocycles. The van der Waals surface area contributed by atoms with Gasteiger partial charge in [-0.2, -0.15) is 0 Å². The first-order valence-electron chi connectivity index (χ1n) is 5.86. The molecule has 4 nitrogen and oxygen atoms in total. The van der Waals surface area contributed by atoms with Gasteiger partial charge in [0.1, 0.15) is 24.0 Å². The van der Waals surface area contributed by atoms with Gasteiger partial charge in [0.15, 0.2) is 5.84 Å². The van der Waals surface area contributed by atoms with Crippen LogP contribution >= 0.6 is 15.9 Å². The summed E-state index contributed by atoms with van der Waals surface area (Å²) in [5.74, 6) is -0.979. The second-order valence-corrected chi connectivity index (χ2v) is 4.98. The smallest absolute Gasteiger partial charge is 0.173 e. The first-order valence-corrected chi connectivity index (χ1v) is 6.65. The molecule has 0 aliphatic carbocycles. The maximum Gasteiger partial charge on any atom is 0.173 e. The third-order valence-electron chi connectivity index (χ3n) is 2.75. The summed E-state index contributed by atoms with van der Waals surface area (Å²) in [6, 6.07) is 8.59. The fourth-order valence-corrected chi connectivity index (χ4v) is 2.03. The van der Waals surface area contributed by atoms with Gasteiger partial charge in [-0.1, -0.05) is 17.3 Å². The molecule has 0 aliphatic rings. The van der Waals surface area contributed by atoms with E-state index in [0.29, 0.717) is 5.75 Å². The number of rotatable bonds is 4. The van der Waals surface area contributed by atoms with Crippen LogP contribution in [0.25, 0.3) is 0 Å². The minimum Gasteiger partial charge on any atom is -0.489 e. The lowest BCUT2D eigenvalue weighted by Crippen LogP contribution is -2.16. The van der Waals surface area contributed by atoms with Gasteiger partial charge in [0.05, 0.1) is 10.0 Å². The number of amidine groups is 1. The number of oxime groups is 1. The molecule has 0 heterocycles. The third kappa shape index (κ3) is 3.49. The highest BCUT2D eigenvalue weighted by molar-refractivity contribution is 9.10. The Bertz CT molecular complexity index is 693. The van der Waals surface area contributed by atoms with E-state index in [4.69, 9.17) is 15.7 Å². The molecule has 2 aromatic rings. The molecular weight excluding hydrogens is 346 g/mol. The first kappa shape index (κ1) is 15.2. The molecule has 0 unspecified atom stereocenters. The Morgan fingerprint density at radius 3 is 2.71 bits per heavy atom. The molecule has 0 spiro atoms. The number of halogens is 3. The number of nitrogens with two attached hydrogens (primary N) is 1. The van der Waals surface area contributed by atoms with Crippen molar-refractivity contribution in [2.45, 2.75) is 6.61 Å². The minimum atomic E-state index is -0.631. The summed E-state index contributed by atoms with van der Waals surface area (Å²) in [6.45, 7) is -0.0730. The van der Waals surface area contributed by atoms with E-state index in [1.165, 1.54) is 30.3 Å². The van der Waals surface area contributed by atoms with Crippen LogP contribution in [0.1, 0.15) is 11.1 Å². The van der Waals surface area contributed by atoms with Crippen LogP contribution in [-0.4, -0.2) is 11.0 Å². The summed E-state index contributed by atoms with van der Waals surface area (Å²) in [5, 5.41) is 11.4. The molecule has 0 fully saturated rings. The van der Waals surface area contributed by atoms with E-state index in [2.05, 4.69) is 21.1 Å². The molecule has 0 saturated heterocycles. The maximum atomic E-state index is 14.1. The minimum absolute atomic E-state index is 0.0149. The van der Waals surface area contributed by atoms with Crippen molar-refractivity contribution in [1.29, 1.82) is 0 Å². The standard InChI is InChI=1S/C14H11BrF2N2O2/c15-11-6-9(4-5-12(11)16)21-7-8-2-1-3-10(13(8)17)14(18)19-20/h1-6,20H,7H2,(H2,18,19). The van der Waals surface area contributed by atoms with Gasteiger partial charge in [-0.15, -0.1) is 0 Å². The Morgan fingerprint density at radius 2 is 2.05 bits per heavy atom. The van der Waals surface area contributed by atoms with E-state index in [-0.39, 0.29) is 28.0 Å². The Labute approximate surface area is 128 Å². The van der Waals surface area contributed by atoms with Crippen LogP contribution in [0.15, 0.2) is 46.0 Å². The normalized spacial score (nSPS) is 11.5. The fourth-order valence-electron chi connectivity index (χ4n) is 1.67. The third-order valence-corrected chi connectivity index (χ3v) is 3.36. The van der Waals surface area contributed by atoms with Crippen molar-refractivity contribution in [3.63, 3.8) is 0 Å². The Hall–Kier alpha value is -2.15. The van der Waals surface area contributed by atoms with Gasteiger partial charge in [-0.3, -0.25) is 0 Å². The van der Waals surface area contributed by atoms with Crippen LogP contribution in [0.3, 0.4) is 0 Å². The van der Waals surface area contributed by atoms with Crippen LogP contribution in [0.5, 0.6) is 5.75 Å². The van der Waals surface area contributed by atoms with Gasteiger partial charge in [0.25, 0.3) is 0 Å². The predicted octanol–water partition coefficient (Wildman–Crippen LogP) is 3.40. The lowest BCUT2D eigenvalue weighted by molar-refractivity contribution is 0.299. The zero-order valence-electron chi connectivity index (χ0n) is 10.7. The molecule has 0 atom stereocenters. The van der Waals surface area contributed by atoms with E-state index >= 15 is 0 Å². The van der Waals surface area contributed by atoms with Gasteiger partial charge >= 0.3 is 0 Å². The van der Waals surface area contributed by atoms with Crippen LogP contribution < -0.4 is 10.5 Å². The molecule has 2 aromatic carbocycles. The van der Waals surface area contributed by atoms with E-state index in [0.717, 1.165) is 0 Å². The summed E-state index contributed by atoms with van der Waals surface area (Å²) in [7, 11) is 0. The lowest BCUT2D eigenvalue weighted by Gasteiger charge is -2.10. The molecule has 0 bridgehead atoms. The molecule has 3 N–H and O–H groups in total. The zero-order valence-corrected chi connectivity index (χ0v) is 12.3. The quantitative estimate of drug-likeness (QED) is 0.381. The highest BCUT2D eigenvalue weighted by Crippen LogP contribution is 2.23. The number of benzene rings is 2. The second kappa shape index (κ2) is 6.53. The first-order chi connectivity index (χ1) is 10.0. The molecule has 0 radical (unpaired) electrons. The molecule has 21 heavy (non-hydrogen) atoms. The van der Waals surface area contributed by atoms with E-state index in [1.807, 2.05) is 0 Å². The fraction of sp³-hybridized carbons (Fsp3) is 0.0714. The molecule has 2 rings (SSSR count). The average molecular weight is 357 g/mol. The molecule has 0 amide bonds. The molecular formula is C14H11BrF2N2O2. The Balaban J connectivity index is 2.18. The summed E-state index contributed by atoms with van der Waals surface area (Å²) in [6.07, 6.45) is 0. The van der Waals surface area contributed by atoms with E-state index < -0.39 is 11.6 Å². The van der Waals surface area contributed by atoms with Crippen molar-refractivity contribution in [3.8, 4) is 5.75 Å². The second-order valence-electron chi connectivity index (χ2n) is 4.13. The average Bonchev–Trinajstić information content (AvgIpc) is 2.49. The van der Waals surface area contributed by atoms with Crippen molar-refractivity contribution in [2.24, 2.45) is 10.9 Å². The molecule has 0 aromatic heterocycles. The Kier molecular flexibility index (Phi) is 4.74. The van der Waals surface area contributed by atoms with Gasteiger partial charge < -0.3 is 15.7 Å². The van der Waals surface area contributed by atoms with Crippen molar-refractivity contribution in [3.05, 3.63) is 63.6 Å². The van der Waals surface area contributed by atoms with Gasteiger partial charge in [0.2, 0.25) is 0 Å². The number of hydrogen-bond donors (Lipinski definition) is 2. The number of nitrogens with zero attached hydrogens (tertiary/aromatic N) is 1. The van der Waals surface area contributed by atoms with Gasteiger partial charge in [-0.05, 0) is 40.2 Å². The zero-order chi connectivity index (χ0) is 15.4. The van der Waals surface area contributed by atoms with Crippen molar-refractivity contribution >= 4 is 21.8 Å². The highest BCUT2D eigenvalue weighted by Gasteiger charge is 2.12. The molecule has 110 valence electrons. The van der Waals surface area contributed by atoms with Crippen molar-refractivity contribution < 1.29 is 18.7 Å². The lowest BCUT2D eigenvalue weighted by atomic mass is 10.1. The topological polar surface area (TPSA) is 67.8 Å². The van der Waals surface area contributed by atoms with Crippen LogP contribution in [0.4, 0.5) is 8.78 Å². The largest absolute Gasteiger partial charge is 0.489 e. The van der Waals surface area contributed by atoms with Crippen LogP contribution in [-0.2, 0) is 6.61 Å². The monoisotopic (exact) mass is 356 g/mol. The van der Waals surface area contributed by atoms with Crippen LogP contribution in [0.2, 0.25) is 0 Å². The number of ether oxygens (including phenoxy) is 1. The highest BCUT2D eigenvalue weighted by atomic mass is 79.9.